The predicted octanol–water partition coefficient (Wildman–Crippen LogP) is 3.73. The zero-order valence-electron chi connectivity index (χ0n) is 19.6. The summed E-state index contributed by atoms with van der Waals surface area (Å²) in [6, 6.07) is 15.9. The normalized spacial score (nSPS) is 15.0. The number of hydrogen-bond donors (Lipinski definition) is 1. The highest BCUT2D eigenvalue weighted by Crippen LogP contribution is 2.22. The molecule has 1 aliphatic carbocycles. The van der Waals surface area contributed by atoms with Crippen molar-refractivity contribution in [2.24, 2.45) is 0 Å². The van der Waals surface area contributed by atoms with E-state index in [0.717, 1.165) is 46.3 Å². The lowest BCUT2D eigenvalue weighted by molar-refractivity contribution is -0.139. The van der Waals surface area contributed by atoms with Crippen LogP contribution in [0, 0.1) is 0 Å². The topological polar surface area (TPSA) is 86.8 Å². The summed E-state index contributed by atoms with van der Waals surface area (Å²) in [4.78, 5) is 28.0. The third kappa shape index (κ3) is 7.30. The minimum Gasteiger partial charge on any atom is -0.352 e. The van der Waals surface area contributed by atoms with Crippen molar-refractivity contribution in [3.8, 4) is 0 Å². The fourth-order valence-corrected chi connectivity index (χ4v) is 5.30. The van der Waals surface area contributed by atoms with Gasteiger partial charge in [0, 0.05) is 17.1 Å². The number of halogens is 1. The Labute approximate surface area is 210 Å². The predicted molar refractivity (Wildman–Crippen MR) is 138 cm³/mol. The first kappa shape index (κ1) is 26.2. The van der Waals surface area contributed by atoms with E-state index in [1.165, 1.54) is 4.90 Å². The maximum atomic E-state index is 13.5. The maximum absolute atomic E-state index is 13.5. The van der Waals surface area contributed by atoms with Crippen molar-refractivity contribution in [2.75, 3.05) is 23.7 Å². The summed E-state index contributed by atoms with van der Waals surface area (Å²) in [6.45, 7) is 1.63. The van der Waals surface area contributed by atoms with Crippen LogP contribution in [0.1, 0.15) is 38.2 Å². The molecule has 34 heavy (non-hydrogen) atoms. The van der Waals surface area contributed by atoms with Crippen molar-refractivity contribution in [3.05, 3.63) is 64.6 Å². The minimum atomic E-state index is -3.72. The van der Waals surface area contributed by atoms with Crippen molar-refractivity contribution in [3.63, 3.8) is 0 Å². The first-order chi connectivity index (χ1) is 16.1. The molecule has 0 unspecified atom stereocenters. The highest BCUT2D eigenvalue weighted by Gasteiger charge is 2.31. The summed E-state index contributed by atoms with van der Waals surface area (Å²) in [5.41, 5.74) is 1.43. The number of carbonyl (C=O) groups is 2. The lowest BCUT2D eigenvalue weighted by Gasteiger charge is -2.32. The van der Waals surface area contributed by atoms with Gasteiger partial charge in [-0.1, -0.05) is 59.1 Å². The Balaban J connectivity index is 1.81. The van der Waals surface area contributed by atoms with Gasteiger partial charge in [-0.3, -0.25) is 13.9 Å². The molecule has 184 valence electrons. The van der Waals surface area contributed by atoms with Gasteiger partial charge >= 0.3 is 0 Å². The van der Waals surface area contributed by atoms with Crippen molar-refractivity contribution in [1.82, 2.24) is 10.2 Å². The molecule has 9 heteroatoms. The Morgan fingerprint density at radius 3 is 2.26 bits per heavy atom. The van der Waals surface area contributed by atoms with Gasteiger partial charge in [0.15, 0.2) is 0 Å². The summed E-state index contributed by atoms with van der Waals surface area (Å²) in [7, 11) is -3.72. The highest BCUT2D eigenvalue weighted by atomic mass is 79.9. The van der Waals surface area contributed by atoms with Crippen molar-refractivity contribution >= 4 is 43.5 Å². The summed E-state index contributed by atoms with van der Waals surface area (Å²) in [6.07, 6.45) is 5.71. The first-order valence-corrected chi connectivity index (χ1v) is 14.2. The van der Waals surface area contributed by atoms with Gasteiger partial charge in [-0.05, 0) is 56.0 Å². The minimum absolute atomic E-state index is 0.135. The van der Waals surface area contributed by atoms with Crippen molar-refractivity contribution < 1.29 is 18.0 Å². The zero-order chi connectivity index (χ0) is 24.7. The lowest BCUT2D eigenvalue weighted by Crippen LogP contribution is -2.53. The van der Waals surface area contributed by atoms with E-state index in [0.29, 0.717) is 18.7 Å². The van der Waals surface area contributed by atoms with Gasteiger partial charge in [-0.15, -0.1) is 0 Å². The number of sulfonamides is 1. The molecule has 0 radical (unpaired) electrons. The molecule has 0 heterocycles. The number of nitrogens with one attached hydrogen (secondary N) is 1. The fourth-order valence-electron chi connectivity index (χ4n) is 4.18. The quantitative estimate of drug-likeness (QED) is 0.489. The van der Waals surface area contributed by atoms with E-state index in [1.807, 2.05) is 30.3 Å². The Hall–Kier alpha value is -2.39. The van der Waals surface area contributed by atoms with Gasteiger partial charge in [-0.2, -0.15) is 0 Å². The highest BCUT2D eigenvalue weighted by molar-refractivity contribution is 9.10. The van der Waals surface area contributed by atoms with Crippen molar-refractivity contribution in [2.45, 2.75) is 51.1 Å². The standard InChI is InChI=1S/C25H32BrN3O4S/c1-19(25(31)27-22-10-6-7-11-22)28(17-16-20-8-4-3-5-9-20)24(30)18-29(34(2,32)33)23-14-12-21(26)13-15-23/h3-5,8-9,12-15,19,22H,6-7,10-11,16-18H2,1-2H3,(H,27,31)/t19-/m1/s1. The molecule has 1 saturated carbocycles. The number of carbonyl (C=O) groups excluding carboxylic acids is 2. The SMILES string of the molecule is C[C@H](C(=O)NC1CCCC1)N(CCc1ccccc1)C(=O)CN(c1ccc(Br)cc1)S(C)(=O)=O. The number of nitrogens with zero attached hydrogens (tertiary/aromatic N) is 2. The molecular formula is C25H32BrN3O4S. The summed E-state index contributed by atoms with van der Waals surface area (Å²) in [5, 5.41) is 3.06. The maximum Gasteiger partial charge on any atom is 0.244 e. The molecule has 0 bridgehead atoms. The average Bonchev–Trinajstić information content (AvgIpc) is 3.31. The van der Waals surface area contributed by atoms with E-state index < -0.39 is 22.0 Å². The molecule has 1 N–H and O–H groups in total. The van der Waals surface area contributed by atoms with Crippen LogP contribution in [0.15, 0.2) is 59.1 Å². The van der Waals surface area contributed by atoms with E-state index >= 15 is 0 Å². The Bertz CT molecular complexity index is 1070. The molecule has 0 saturated heterocycles. The van der Waals surface area contributed by atoms with E-state index in [9.17, 15) is 18.0 Å². The molecule has 2 aromatic carbocycles. The second-order valence-corrected chi connectivity index (χ2v) is 11.6. The monoisotopic (exact) mass is 549 g/mol. The first-order valence-electron chi connectivity index (χ1n) is 11.5. The molecule has 7 nitrogen and oxygen atoms in total. The number of hydrogen-bond acceptors (Lipinski definition) is 4. The van der Waals surface area contributed by atoms with Crippen LogP contribution < -0.4 is 9.62 Å². The van der Waals surface area contributed by atoms with Gasteiger partial charge in [0.1, 0.15) is 12.6 Å². The van der Waals surface area contributed by atoms with Crippen LogP contribution in [0.4, 0.5) is 5.69 Å². The Morgan fingerprint density at radius 1 is 1.06 bits per heavy atom. The van der Waals surface area contributed by atoms with Crippen molar-refractivity contribution in [1.29, 1.82) is 0 Å². The number of anilines is 1. The molecule has 1 aliphatic rings. The van der Waals surface area contributed by atoms with Crippen LogP contribution in [0.25, 0.3) is 0 Å². The second kappa shape index (κ2) is 11.8. The molecular weight excluding hydrogens is 518 g/mol. The number of rotatable bonds is 10. The second-order valence-electron chi connectivity index (χ2n) is 8.73. The molecule has 0 spiro atoms. The van der Waals surface area contributed by atoms with Gasteiger partial charge in [0.05, 0.1) is 11.9 Å². The number of amides is 2. The molecule has 1 fully saturated rings. The Kier molecular flexibility index (Phi) is 9.13. The summed E-state index contributed by atoms with van der Waals surface area (Å²) < 4.78 is 27.0. The molecule has 2 aromatic rings. The average molecular weight is 551 g/mol. The molecule has 1 atom stereocenters. The van der Waals surface area contributed by atoms with Gasteiger partial charge in [0.25, 0.3) is 0 Å². The van der Waals surface area contributed by atoms with E-state index in [1.54, 1.807) is 31.2 Å². The smallest absolute Gasteiger partial charge is 0.244 e. The van der Waals surface area contributed by atoms with Gasteiger partial charge in [0.2, 0.25) is 21.8 Å². The van der Waals surface area contributed by atoms with Crippen LogP contribution >= 0.6 is 15.9 Å². The zero-order valence-corrected chi connectivity index (χ0v) is 22.0. The largest absolute Gasteiger partial charge is 0.352 e. The summed E-state index contributed by atoms with van der Waals surface area (Å²) >= 11 is 3.34. The number of benzene rings is 2. The fraction of sp³-hybridized carbons (Fsp3) is 0.440. The third-order valence-corrected chi connectivity index (χ3v) is 7.82. The van der Waals surface area contributed by atoms with E-state index in [2.05, 4.69) is 21.2 Å². The van der Waals surface area contributed by atoms with Crippen LogP contribution in [-0.4, -0.2) is 56.6 Å². The Morgan fingerprint density at radius 2 is 1.68 bits per heavy atom. The summed E-state index contributed by atoms with van der Waals surface area (Å²) in [5.74, 6) is -0.624. The molecule has 0 aliphatic heterocycles. The van der Waals surface area contributed by atoms with Crippen LogP contribution in [0.2, 0.25) is 0 Å². The van der Waals surface area contributed by atoms with Gasteiger partial charge < -0.3 is 10.2 Å². The van der Waals surface area contributed by atoms with E-state index in [-0.39, 0.29) is 18.5 Å². The van der Waals surface area contributed by atoms with E-state index in [4.69, 9.17) is 0 Å². The van der Waals surface area contributed by atoms with Crippen LogP contribution in [-0.2, 0) is 26.0 Å². The molecule has 0 aromatic heterocycles. The molecule has 2 amide bonds. The van der Waals surface area contributed by atoms with Gasteiger partial charge in [-0.25, -0.2) is 8.42 Å². The third-order valence-electron chi connectivity index (χ3n) is 6.15. The molecule has 3 rings (SSSR count). The lowest BCUT2D eigenvalue weighted by atomic mass is 10.1. The van der Waals surface area contributed by atoms with Crippen LogP contribution in [0.3, 0.4) is 0 Å². The van der Waals surface area contributed by atoms with Crippen LogP contribution in [0.5, 0.6) is 0 Å².